The Hall–Kier alpha value is -2.01. The van der Waals surface area contributed by atoms with Crippen molar-refractivity contribution in [2.45, 2.75) is 45.3 Å². The van der Waals surface area contributed by atoms with Gasteiger partial charge in [0.1, 0.15) is 0 Å². The van der Waals surface area contributed by atoms with Crippen LogP contribution in [-0.2, 0) is 31.0 Å². The zero-order chi connectivity index (χ0) is 24.3. The predicted molar refractivity (Wildman–Crippen MR) is 128 cm³/mol. The second-order valence-electron chi connectivity index (χ2n) is 9.65. The van der Waals surface area contributed by atoms with Gasteiger partial charge in [0.25, 0.3) is 10.2 Å². The number of carbonyl (C=O) groups excluding carboxylic acids is 2. The van der Waals surface area contributed by atoms with Crippen molar-refractivity contribution < 1.29 is 22.7 Å². The molecule has 0 spiro atoms. The van der Waals surface area contributed by atoms with Gasteiger partial charge < -0.3 is 14.5 Å². The highest BCUT2D eigenvalue weighted by molar-refractivity contribution is 7.86. The number of piperidine rings is 1. The van der Waals surface area contributed by atoms with Crippen molar-refractivity contribution >= 4 is 22.0 Å². The lowest BCUT2D eigenvalue weighted by Gasteiger charge is -2.41. The Morgan fingerprint density at radius 3 is 2.18 bits per heavy atom. The lowest BCUT2D eigenvalue weighted by atomic mass is 9.95. The topological polar surface area (TPSA) is 90.5 Å². The normalized spacial score (nSPS) is 27.5. The van der Waals surface area contributed by atoms with Crippen molar-refractivity contribution in [2.24, 2.45) is 5.92 Å². The number of rotatable bonds is 5. The molecule has 3 aliphatic rings. The third-order valence-corrected chi connectivity index (χ3v) is 8.88. The lowest BCUT2D eigenvalue weighted by Crippen LogP contribution is -2.58. The Balaban J connectivity index is 1.30. The van der Waals surface area contributed by atoms with Crippen LogP contribution in [0.15, 0.2) is 30.3 Å². The number of benzene rings is 1. The van der Waals surface area contributed by atoms with Gasteiger partial charge in [0.2, 0.25) is 11.8 Å². The maximum Gasteiger partial charge on any atom is 0.282 e. The van der Waals surface area contributed by atoms with Gasteiger partial charge in [-0.2, -0.15) is 17.0 Å². The number of morpholine rings is 1. The Morgan fingerprint density at radius 1 is 0.882 bits per heavy atom. The van der Waals surface area contributed by atoms with Crippen LogP contribution < -0.4 is 0 Å². The molecule has 10 heteroatoms. The summed E-state index contributed by atoms with van der Waals surface area (Å²) < 4.78 is 34.9. The molecule has 3 atom stereocenters. The van der Waals surface area contributed by atoms with Crippen molar-refractivity contribution in [3.8, 4) is 0 Å². The van der Waals surface area contributed by atoms with Gasteiger partial charge in [0.15, 0.2) is 0 Å². The molecule has 188 valence electrons. The number of piperazine rings is 1. The molecule has 0 bridgehead atoms. The van der Waals surface area contributed by atoms with Gasteiger partial charge in [-0.25, -0.2) is 0 Å². The molecular weight excluding hydrogens is 456 g/mol. The number of carbonyl (C=O) groups is 2. The molecule has 0 saturated carbocycles. The molecule has 3 unspecified atom stereocenters. The molecule has 1 aromatic carbocycles. The summed E-state index contributed by atoms with van der Waals surface area (Å²) in [6.07, 6.45) is 1.63. The van der Waals surface area contributed by atoms with E-state index in [4.69, 9.17) is 4.74 Å². The zero-order valence-corrected chi connectivity index (χ0v) is 21.0. The van der Waals surface area contributed by atoms with Gasteiger partial charge >= 0.3 is 0 Å². The molecule has 4 rings (SSSR count). The van der Waals surface area contributed by atoms with Crippen molar-refractivity contribution in [2.75, 3.05) is 52.4 Å². The van der Waals surface area contributed by atoms with E-state index in [-0.39, 0.29) is 43.0 Å². The minimum absolute atomic E-state index is 0.0304. The maximum absolute atomic E-state index is 13.2. The summed E-state index contributed by atoms with van der Waals surface area (Å²) in [6.45, 7) is 6.91. The van der Waals surface area contributed by atoms with E-state index in [0.717, 1.165) is 18.4 Å². The third kappa shape index (κ3) is 5.79. The number of ether oxygens (including phenoxy) is 1. The number of nitrogens with zero attached hydrogens (tertiary/aromatic N) is 4. The van der Waals surface area contributed by atoms with Crippen LogP contribution in [0.2, 0.25) is 0 Å². The molecule has 0 radical (unpaired) electrons. The maximum atomic E-state index is 13.2. The first-order valence-electron chi connectivity index (χ1n) is 12.2. The fourth-order valence-electron chi connectivity index (χ4n) is 5.17. The Kier molecular flexibility index (Phi) is 7.91. The molecule has 0 aromatic heterocycles. The largest absolute Gasteiger partial charge is 0.373 e. The van der Waals surface area contributed by atoms with Gasteiger partial charge in [-0.3, -0.25) is 9.59 Å². The smallest absolute Gasteiger partial charge is 0.282 e. The van der Waals surface area contributed by atoms with Crippen LogP contribution in [0.5, 0.6) is 0 Å². The van der Waals surface area contributed by atoms with Crippen molar-refractivity contribution in [3.05, 3.63) is 35.9 Å². The van der Waals surface area contributed by atoms with Crippen molar-refractivity contribution in [1.82, 2.24) is 18.4 Å². The van der Waals surface area contributed by atoms with Crippen LogP contribution in [0.3, 0.4) is 0 Å². The predicted octanol–water partition coefficient (Wildman–Crippen LogP) is 0.966. The van der Waals surface area contributed by atoms with Crippen molar-refractivity contribution in [1.29, 1.82) is 0 Å². The molecule has 3 aliphatic heterocycles. The molecule has 3 saturated heterocycles. The summed E-state index contributed by atoms with van der Waals surface area (Å²) in [6, 6.07) is 9.65. The number of hydrogen-bond donors (Lipinski definition) is 0. The molecule has 9 nitrogen and oxygen atoms in total. The minimum Gasteiger partial charge on any atom is -0.373 e. The fraction of sp³-hybridized carbons (Fsp3) is 0.667. The van der Waals surface area contributed by atoms with Crippen molar-refractivity contribution in [3.63, 3.8) is 0 Å². The first-order valence-corrected chi connectivity index (χ1v) is 13.6. The van der Waals surface area contributed by atoms with Crippen LogP contribution in [-0.4, -0.2) is 103 Å². The molecule has 3 heterocycles. The highest BCUT2D eigenvalue weighted by atomic mass is 32.2. The highest BCUT2D eigenvalue weighted by Crippen LogP contribution is 2.23. The van der Waals surface area contributed by atoms with E-state index in [1.165, 1.54) is 8.61 Å². The Labute approximate surface area is 202 Å². The second kappa shape index (κ2) is 10.7. The lowest BCUT2D eigenvalue weighted by molar-refractivity contribution is -0.141. The van der Waals surface area contributed by atoms with E-state index in [1.54, 1.807) is 9.80 Å². The monoisotopic (exact) mass is 492 g/mol. The highest BCUT2D eigenvalue weighted by Gasteiger charge is 2.38. The van der Waals surface area contributed by atoms with E-state index in [9.17, 15) is 18.0 Å². The first kappa shape index (κ1) is 25.1. The Morgan fingerprint density at radius 2 is 1.53 bits per heavy atom. The molecule has 0 N–H and O–H groups in total. The van der Waals surface area contributed by atoms with E-state index < -0.39 is 10.2 Å². The first-order chi connectivity index (χ1) is 16.2. The average Bonchev–Trinajstić information content (AvgIpc) is 2.84. The van der Waals surface area contributed by atoms with Gasteiger partial charge in [-0.1, -0.05) is 30.3 Å². The van der Waals surface area contributed by atoms with Gasteiger partial charge in [-0.15, -0.1) is 0 Å². The third-order valence-electron chi connectivity index (χ3n) is 6.91. The molecule has 1 aromatic rings. The quantitative estimate of drug-likeness (QED) is 0.611. The molecule has 3 fully saturated rings. The summed E-state index contributed by atoms with van der Waals surface area (Å²) in [5, 5.41) is 0. The number of hydrogen-bond acceptors (Lipinski definition) is 5. The second-order valence-corrected chi connectivity index (χ2v) is 11.6. The SMILES string of the molecule is CC1CN(S(=O)(=O)N2CCN(C(=O)C3CCCN(C(=O)Cc4ccccc4)C3)CC2)CC(C)O1. The minimum atomic E-state index is -3.58. The van der Waals surface area contributed by atoms with Gasteiger partial charge in [0, 0.05) is 52.4 Å². The summed E-state index contributed by atoms with van der Waals surface area (Å²) >= 11 is 0. The number of likely N-dealkylation sites (tertiary alicyclic amines) is 1. The van der Waals surface area contributed by atoms with E-state index in [2.05, 4.69) is 0 Å². The van der Waals surface area contributed by atoms with Gasteiger partial charge in [-0.05, 0) is 32.3 Å². The van der Waals surface area contributed by atoms with Crippen LogP contribution in [0.1, 0.15) is 32.3 Å². The molecule has 0 aliphatic carbocycles. The summed E-state index contributed by atoms with van der Waals surface area (Å²) in [5.74, 6) is -0.144. The Bertz CT molecular complexity index is 955. The zero-order valence-electron chi connectivity index (χ0n) is 20.1. The van der Waals surface area contributed by atoms with Crippen LogP contribution in [0, 0.1) is 5.92 Å². The van der Waals surface area contributed by atoms with Crippen LogP contribution >= 0.6 is 0 Å². The molecule has 2 amide bonds. The summed E-state index contributed by atoms with van der Waals surface area (Å²) in [5.41, 5.74) is 0.974. The average molecular weight is 493 g/mol. The summed E-state index contributed by atoms with van der Waals surface area (Å²) in [7, 11) is -3.58. The van der Waals surface area contributed by atoms with Crippen LogP contribution in [0.4, 0.5) is 0 Å². The molecule has 34 heavy (non-hydrogen) atoms. The molecular formula is C24H36N4O5S. The van der Waals surface area contributed by atoms with E-state index in [1.807, 2.05) is 44.2 Å². The standard InChI is InChI=1S/C24H36N4O5S/c1-19-16-28(17-20(2)33-19)34(31,32)27-13-11-25(12-14-27)24(30)22-9-6-10-26(18-22)23(29)15-21-7-4-3-5-8-21/h3-5,7-8,19-20,22H,6,9-18H2,1-2H3. The van der Waals surface area contributed by atoms with Gasteiger partial charge in [0.05, 0.1) is 24.5 Å². The fourth-order valence-corrected chi connectivity index (χ4v) is 6.92. The number of amides is 2. The van der Waals surface area contributed by atoms with E-state index >= 15 is 0 Å². The summed E-state index contributed by atoms with van der Waals surface area (Å²) in [4.78, 5) is 29.6. The van der Waals surface area contributed by atoms with E-state index in [0.29, 0.717) is 45.7 Å². The van der Waals surface area contributed by atoms with Crippen LogP contribution in [0.25, 0.3) is 0 Å².